The smallest absolute Gasteiger partial charge is 0.236 e. The Morgan fingerprint density at radius 1 is 1.64 bits per heavy atom. The van der Waals surface area contributed by atoms with Crippen LogP contribution >= 0.6 is 11.8 Å². The molecule has 2 nitrogen and oxygen atoms in total. The third kappa shape index (κ3) is 2.26. The van der Waals surface area contributed by atoms with E-state index in [1.54, 1.807) is 16.7 Å². The summed E-state index contributed by atoms with van der Waals surface area (Å²) < 4.78 is 0. The molecule has 0 aromatic heterocycles. The van der Waals surface area contributed by atoms with E-state index >= 15 is 0 Å². The van der Waals surface area contributed by atoms with Gasteiger partial charge in [0.15, 0.2) is 0 Å². The number of carbonyl (C=O) groups is 1. The summed E-state index contributed by atoms with van der Waals surface area (Å²) in [7, 11) is 0. The van der Waals surface area contributed by atoms with Crippen LogP contribution in [0.25, 0.3) is 0 Å². The highest BCUT2D eigenvalue weighted by Crippen LogP contribution is 2.11. The summed E-state index contributed by atoms with van der Waals surface area (Å²) in [5.74, 6) is 1.79. The van der Waals surface area contributed by atoms with Gasteiger partial charge in [0.2, 0.25) is 5.91 Å². The first-order valence-corrected chi connectivity index (χ1v) is 4.93. The molecule has 0 aliphatic carbocycles. The van der Waals surface area contributed by atoms with E-state index in [2.05, 4.69) is 0 Å². The summed E-state index contributed by atoms with van der Waals surface area (Å²) in [6, 6.07) is 0.289. The molecule has 0 saturated carbocycles. The Labute approximate surface area is 71.6 Å². The molecule has 3 heteroatoms. The van der Waals surface area contributed by atoms with Crippen molar-refractivity contribution >= 4 is 17.7 Å². The van der Waals surface area contributed by atoms with Crippen LogP contribution in [0, 0.1) is 0 Å². The fourth-order valence-electron chi connectivity index (χ4n) is 0.989. The van der Waals surface area contributed by atoms with E-state index in [-0.39, 0.29) is 11.9 Å². The van der Waals surface area contributed by atoms with Gasteiger partial charge in [-0.1, -0.05) is 6.08 Å². The molecule has 0 aromatic carbocycles. The monoisotopic (exact) mass is 171 g/mol. The lowest BCUT2D eigenvalue weighted by Crippen LogP contribution is -2.32. The number of hydrogen-bond donors (Lipinski definition) is 0. The van der Waals surface area contributed by atoms with Gasteiger partial charge in [-0.3, -0.25) is 4.79 Å². The van der Waals surface area contributed by atoms with Crippen LogP contribution in [0.1, 0.15) is 13.8 Å². The van der Waals surface area contributed by atoms with Crippen molar-refractivity contribution in [2.75, 3.05) is 11.5 Å². The highest BCUT2D eigenvalue weighted by atomic mass is 32.2. The van der Waals surface area contributed by atoms with Crippen LogP contribution in [-0.2, 0) is 4.79 Å². The summed E-state index contributed by atoms with van der Waals surface area (Å²) in [4.78, 5) is 13.1. The van der Waals surface area contributed by atoms with E-state index in [0.29, 0.717) is 5.75 Å². The van der Waals surface area contributed by atoms with Crippen molar-refractivity contribution < 1.29 is 4.79 Å². The van der Waals surface area contributed by atoms with E-state index in [1.807, 2.05) is 26.1 Å². The molecule has 0 atom stereocenters. The van der Waals surface area contributed by atoms with Crippen LogP contribution in [0.5, 0.6) is 0 Å². The van der Waals surface area contributed by atoms with E-state index in [0.717, 1.165) is 5.75 Å². The minimum Gasteiger partial charge on any atom is -0.316 e. The third-order valence-corrected chi connectivity index (χ3v) is 2.43. The Bertz CT molecular complexity index is 177. The van der Waals surface area contributed by atoms with Crippen molar-refractivity contribution in [3.63, 3.8) is 0 Å². The zero-order valence-corrected chi connectivity index (χ0v) is 7.73. The molecule has 0 unspecified atom stereocenters. The standard InChI is InChI=1S/C8H13NOS/c1-7(2)9-4-3-5-11-6-8(9)10/h3-4,7H,5-6H2,1-2H3. The number of amides is 1. The Morgan fingerprint density at radius 2 is 2.36 bits per heavy atom. The summed E-state index contributed by atoms with van der Waals surface area (Å²) in [6.07, 6.45) is 3.93. The average molecular weight is 171 g/mol. The van der Waals surface area contributed by atoms with Crippen molar-refractivity contribution in [1.82, 2.24) is 4.90 Å². The molecule has 0 bridgehead atoms. The predicted molar refractivity (Wildman–Crippen MR) is 48.4 cm³/mol. The second-order valence-corrected chi connectivity index (χ2v) is 3.82. The lowest BCUT2D eigenvalue weighted by Gasteiger charge is -2.20. The summed E-state index contributed by atoms with van der Waals surface area (Å²) in [5.41, 5.74) is 0. The zero-order valence-electron chi connectivity index (χ0n) is 6.91. The molecule has 1 amide bonds. The van der Waals surface area contributed by atoms with Crippen LogP contribution in [0.15, 0.2) is 12.3 Å². The molecular weight excluding hydrogens is 158 g/mol. The highest BCUT2D eigenvalue weighted by molar-refractivity contribution is 8.00. The molecular formula is C8H13NOS. The van der Waals surface area contributed by atoms with Gasteiger partial charge in [0, 0.05) is 18.0 Å². The molecule has 0 saturated heterocycles. The van der Waals surface area contributed by atoms with Gasteiger partial charge in [-0.25, -0.2) is 0 Å². The second-order valence-electron chi connectivity index (χ2n) is 2.79. The van der Waals surface area contributed by atoms with Crippen molar-refractivity contribution in [3.05, 3.63) is 12.3 Å². The molecule has 0 radical (unpaired) electrons. The fraction of sp³-hybridized carbons (Fsp3) is 0.625. The van der Waals surface area contributed by atoms with E-state index in [9.17, 15) is 4.79 Å². The topological polar surface area (TPSA) is 20.3 Å². The van der Waals surface area contributed by atoms with Gasteiger partial charge in [-0.05, 0) is 13.8 Å². The SMILES string of the molecule is CC(C)N1C=CCSCC1=O. The first-order chi connectivity index (χ1) is 5.22. The molecule has 0 N–H and O–H groups in total. The molecule has 1 aliphatic rings. The first-order valence-electron chi connectivity index (χ1n) is 3.77. The number of rotatable bonds is 1. The van der Waals surface area contributed by atoms with Crippen LogP contribution in [0.2, 0.25) is 0 Å². The van der Waals surface area contributed by atoms with Crippen LogP contribution < -0.4 is 0 Å². The van der Waals surface area contributed by atoms with Crippen LogP contribution in [-0.4, -0.2) is 28.4 Å². The van der Waals surface area contributed by atoms with Crippen molar-refractivity contribution in [2.45, 2.75) is 19.9 Å². The maximum atomic E-state index is 11.3. The Kier molecular flexibility index (Phi) is 3.00. The summed E-state index contributed by atoms with van der Waals surface area (Å²) in [6.45, 7) is 4.05. The largest absolute Gasteiger partial charge is 0.316 e. The van der Waals surface area contributed by atoms with E-state index in [1.165, 1.54) is 0 Å². The highest BCUT2D eigenvalue weighted by Gasteiger charge is 2.15. The van der Waals surface area contributed by atoms with E-state index < -0.39 is 0 Å². The van der Waals surface area contributed by atoms with Gasteiger partial charge in [0.1, 0.15) is 0 Å². The minimum atomic E-state index is 0.221. The van der Waals surface area contributed by atoms with Gasteiger partial charge in [-0.15, -0.1) is 11.8 Å². The van der Waals surface area contributed by atoms with Crippen molar-refractivity contribution in [3.8, 4) is 0 Å². The first kappa shape index (κ1) is 8.65. The lowest BCUT2D eigenvalue weighted by molar-refractivity contribution is -0.127. The number of hydrogen-bond acceptors (Lipinski definition) is 2. The maximum Gasteiger partial charge on any atom is 0.236 e. The van der Waals surface area contributed by atoms with Gasteiger partial charge < -0.3 is 4.90 Å². The van der Waals surface area contributed by atoms with Crippen LogP contribution in [0.4, 0.5) is 0 Å². The average Bonchev–Trinajstić information content (AvgIpc) is 2.13. The second kappa shape index (κ2) is 3.81. The van der Waals surface area contributed by atoms with Gasteiger partial charge in [-0.2, -0.15) is 0 Å². The quantitative estimate of drug-likeness (QED) is 0.595. The normalized spacial score (nSPS) is 19.2. The molecule has 0 spiro atoms. The number of nitrogens with zero attached hydrogens (tertiary/aromatic N) is 1. The Morgan fingerprint density at radius 3 is 3.00 bits per heavy atom. The molecule has 1 heterocycles. The summed E-state index contributed by atoms with van der Waals surface area (Å²) >= 11 is 1.67. The molecule has 11 heavy (non-hydrogen) atoms. The zero-order chi connectivity index (χ0) is 8.27. The number of thioether (sulfide) groups is 1. The third-order valence-electron chi connectivity index (χ3n) is 1.55. The number of carbonyl (C=O) groups excluding carboxylic acids is 1. The molecule has 1 rings (SSSR count). The van der Waals surface area contributed by atoms with Gasteiger partial charge >= 0.3 is 0 Å². The minimum absolute atomic E-state index is 0.221. The molecule has 1 aliphatic heterocycles. The predicted octanol–water partition coefficient (Wildman–Crippen LogP) is 1.48. The van der Waals surface area contributed by atoms with Gasteiger partial charge in [0.25, 0.3) is 0 Å². The Hall–Kier alpha value is -0.440. The Balaban J connectivity index is 2.65. The van der Waals surface area contributed by atoms with Gasteiger partial charge in [0.05, 0.1) is 5.75 Å². The summed E-state index contributed by atoms with van der Waals surface area (Å²) in [5, 5.41) is 0. The van der Waals surface area contributed by atoms with Crippen LogP contribution in [0.3, 0.4) is 0 Å². The van der Waals surface area contributed by atoms with Crippen molar-refractivity contribution in [1.29, 1.82) is 0 Å². The molecule has 0 aromatic rings. The van der Waals surface area contributed by atoms with Crippen molar-refractivity contribution in [2.24, 2.45) is 0 Å². The fourth-order valence-corrected chi connectivity index (χ4v) is 1.65. The lowest BCUT2D eigenvalue weighted by atomic mass is 10.3. The van der Waals surface area contributed by atoms with E-state index in [4.69, 9.17) is 0 Å². The molecule has 62 valence electrons. The maximum absolute atomic E-state index is 11.3. The molecule has 0 fully saturated rings.